The smallest absolute Gasteiger partial charge is 0.128 e. The first-order valence-electron chi connectivity index (χ1n) is 13.7. The van der Waals surface area contributed by atoms with Gasteiger partial charge >= 0.3 is 0 Å². The van der Waals surface area contributed by atoms with Crippen LogP contribution in [0.1, 0.15) is 19.4 Å². The van der Waals surface area contributed by atoms with Crippen LogP contribution in [0.3, 0.4) is 0 Å². The number of nitrogens with zero attached hydrogens (tertiary/aromatic N) is 1. The molecule has 0 unspecified atom stereocenters. The van der Waals surface area contributed by atoms with Crippen molar-refractivity contribution in [3.8, 4) is 22.6 Å². The maximum Gasteiger partial charge on any atom is 0.128 e. The van der Waals surface area contributed by atoms with E-state index in [2.05, 4.69) is 138 Å². The molecule has 0 fully saturated rings. The van der Waals surface area contributed by atoms with Gasteiger partial charge in [0, 0.05) is 20.6 Å². The summed E-state index contributed by atoms with van der Waals surface area (Å²) in [5.41, 5.74) is 7.65. The molecule has 0 aliphatic carbocycles. The van der Waals surface area contributed by atoms with Crippen molar-refractivity contribution in [3.05, 3.63) is 168 Å². The maximum absolute atomic E-state index is 6.26. The average Bonchev–Trinajstić information content (AvgIpc) is 3.03. The molecule has 0 N–H and O–H groups in total. The number of anilines is 3. The number of hydrogen-bond donors (Lipinski definition) is 0. The van der Waals surface area contributed by atoms with Crippen LogP contribution in [0.5, 0.6) is 11.5 Å². The van der Waals surface area contributed by atoms with E-state index in [1.807, 2.05) is 56.3 Å². The van der Waals surface area contributed by atoms with Gasteiger partial charge in [-0.25, -0.2) is 0 Å². The Labute approximate surface area is 258 Å². The molecule has 0 bridgehead atoms. The number of ether oxygens (including phenoxy) is 1. The Kier molecular flexibility index (Phi) is 10.7. The van der Waals surface area contributed by atoms with E-state index in [0.29, 0.717) is 0 Å². The lowest BCUT2D eigenvalue weighted by Gasteiger charge is -2.25. The third kappa shape index (κ3) is 7.65. The van der Waals surface area contributed by atoms with Crippen LogP contribution in [-0.2, 0) is 0 Å². The highest BCUT2D eigenvalue weighted by molar-refractivity contribution is 14.1. The van der Waals surface area contributed by atoms with Gasteiger partial charge in [-0.1, -0.05) is 106 Å². The van der Waals surface area contributed by atoms with E-state index in [-0.39, 0.29) is 0 Å². The second-order valence-corrected chi connectivity index (χ2v) is 10.2. The largest absolute Gasteiger partial charge is 0.457 e. The summed E-state index contributed by atoms with van der Waals surface area (Å²) in [5, 5.41) is 0. The number of allylic oxidation sites excluding steroid dienone is 4. The van der Waals surface area contributed by atoms with E-state index < -0.39 is 0 Å². The quantitative estimate of drug-likeness (QED) is 0.117. The van der Waals surface area contributed by atoms with Gasteiger partial charge < -0.3 is 9.64 Å². The number of halogens is 1. The first kappa shape index (κ1) is 29.6. The Morgan fingerprint density at radius 3 is 1.95 bits per heavy atom. The Hall–Kier alpha value is -4.35. The minimum atomic E-state index is 0.784. The van der Waals surface area contributed by atoms with E-state index in [1.165, 1.54) is 3.57 Å². The molecule has 0 radical (unpaired) electrons. The third-order valence-electron chi connectivity index (χ3n) is 6.31. The zero-order valence-corrected chi connectivity index (χ0v) is 25.7. The van der Waals surface area contributed by atoms with Gasteiger partial charge in [-0.05, 0) is 112 Å². The molecule has 0 heterocycles. The van der Waals surface area contributed by atoms with Crippen LogP contribution in [0.2, 0.25) is 0 Å². The Bertz CT molecular complexity index is 1600. The van der Waals surface area contributed by atoms with Crippen LogP contribution < -0.4 is 9.64 Å². The molecule has 5 rings (SSSR count). The normalized spacial score (nSPS) is 10.7. The summed E-state index contributed by atoms with van der Waals surface area (Å²) in [6, 6.07) is 43.7. The van der Waals surface area contributed by atoms with Gasteiger partial charge in [-0.2, -0.15) is 0 Å². The van der Waals surface area contributed by atoms with Crippen molar-refractivity contribution in [3.63, 3.8) is 0 Å². The number of para-hydroxylation sites is 1. The molecule has 204 valence electrons. The lowest BCUT2D eigenvalue weighted by molar-refractivity contribution is 0.483. The van der Waals surface area contributed by atoms with E-state index >= 15 is 0 Å². The molecule has 5 aromatic carbocycles. The summed E-state index contributed by atoms with van der Waals surface area (Å²) in [4.78, 5) is 2.25. The SMILES string of the molecule is C=C/C=C(\C=C)c1ccc(-c2cccc(Oc3ccc(N(c4ccccc4)c4cccc(I)c4)cc3)c2)cc1.CC. The molecule has 41 heavy (non-hydrogen) atoms. The van der Waals surface area contributed by atoms with Crippen molar-refractivity contribution in [2.24, 2.45) is 0 Å². The van der Waals surface area contributed by atoms with Gasteiger partial charge in [0.25, 0.3) is 0 Å². The second kappa shape index (κ2) is 14.9. The highest BCUT2D eigenvalue weighted by atomic mass is 127. The van der Waals surface area contributed by atoms with Crippen LogP contribution in [-0.4, -0.2) is 0 Å². The molecule has 0 spiro atoms. The zero-order chi connectivity index (χ0) is 29.0. The fourth-order valence-electron chi connectivity index (χ4n) is 4.44. The molecule has 0 amide bonds. The molecule has 3 heteroatoms. The second-order valence-electron chi connectivity index (χ2n) is 8.91. The van der Waals surface area contributed by atoms with Gasteiger partial charge in [-0.15, -0.1) is 0 Å². The Morgan fingerprint density at radius 2 is 1.29 bits per heavy atom. The summed E-state index contributed by atoms with van der Waals surface area (Å²) in [6.07, 6.45) is 5.58. The van der Waals surface area contributed by atoms with E-state index in [1.54, 1.807) is 6.08 Å². The van der Waals surface area contributed by atoms with E-state index in [9.17, 15) is 0 Å². The zero-order valence-electron chi connectivity index (χ0n) is 23.5. The number of benzene rings is 5. The molecule has 0 aliphatic heterocycles. The minimum absolute atomic E-state index is 0.784. The monoisotopic (exact) mass is 647 g/mol. The van der Waals surface area contributed by atoms with Crippen LogP contribution in [0, 0.1) is 3.57 Å². The summed E-state index contributed by atoms with van der Waals surface area (Å²) in [5.74, 6) is 1.58. The molecule has 0 atom stereocenters. The summed E-state index contributed by atoms with van der Waals surface area (Å²) >= 11 is 2.35. The van der Waals surface area contributed by atoms with Gasteiger partial charge in [0.15, 0.2) is 0 Å². The molecular weight excluding hydrogens is 613 g/mol. The van der Waals surface area contributed by atoms with Crippen molar-refractivity contribution < 1.29 is 4.74 Å². The van der Waals surface area contributed by atoms with Crippen molar-refractivity contribution in [2.75, 3.05) is 4.90 Å². The summed E-state index contributed by atoms with van der Waals surface area (Å²) < 4.78 is 7.45. The first-order valence-corrected chi connectivity index (χ1v) is 14.8. The molecule has 2 nitrogen and oxygen atoms in total. The van der Waals surface area contributed by atoms with Crippen LogP contribution >= 0.6 is 22.6 Å². The minimum Gasteiger partial charge on any atom is -0.457 e. The van der Waals surface area contributed by atoms with Crippen LogP contribution in [0.15, 0.2) is 159 Å². The molecule has 0 saturated carbocycles. The fourth-order valence-corrected chi connectivity index (χ4v) is 4.97. The van der Waals surface area contributed by atoms with Gasteiger partial charge in [-0.3, -0.25) is 0 Å². The molecule has 0 aliphatic rings. The van der Waals surface area contributed by atoms with Gasteiger partial charge in [0.2, 0.25) is 0 Å². The number of hydrogen-bond acceptors (Lipinski definition) is 2. The standard InChI is InChI=1S/C36H28INO.C2H6/c1-3-10-27(4-2)28-17-19-29(20-18-28)30-11-8-16-36(25-30)39-35-23-21-33(22-24-35)38(32-13-6-5-7-14-32)34-15-9-12-31(37)26-34;1-2/h3-26H,1-2H2;1-2H3/b27-10+;. The van der Waals surface area contributed by atoms with Crippen LogP contribution in [0.4, 0.5) is 17.1 Å². The summed E-state index contributed by atoms with van der Waals surface area (Å²) in [6.45, 7) is 11.7. The lowest BCUT2D eigenvalue weighted by Crippen LogP contribution is -2.09. The van der Waals surface area contributed by atoms with E-state index in [4.69, 9.17) is 4.74 Å². The van der Waals surface area contributed by atoms with Crippen molar-refractivity contribution in [2.45, 2.75) is 13.8 Å². The predicted octanol–water partition coefficient (Wildman–Crippen LogP) is 12.0. The third-order valence-corrected chi connectivity index (χ3v) is 6.99. The lowest BCUT2D eigenvalue weighted by atomic mass is 10.00. The van der Waals surface area contributed by atoms with Crippen molar-refractivity contribution in [1.29, 1.82) is 0 Å². The number of rotatable bonds is 9. The van der Waals surface area contributed by atoms with Gasteiger partial charge in [0.1, 0.15) is 11.5 Å². The highest BCUT2D eigenvalue weighted by Gasteiger charge is 2.13. The molecule has 0 aromatic heterocycles. The summed E-state index contributed by atoms with van der Waals surface area (Å²) in [7, 11) is 0. The highest BCUT2D eigenvalue weighted by Crippen LogP contribution is 2.36. The average molecular weight is 648 g/mol. The topological polar surface area (TPSA) is 12.5 Å². The predicted molar refractivity (Wildman–Crippen MR) is 186 cm³/mol. The van der Waals surface area contributed by atoms with E-state index in [0.717, 1.165) is 50.8 Å². The van der Waals surface area contributed by atoms with Crippen LogP contribution in [0.25, 0.3) is 16.7 Å². The molecular formula is C38H34INO. The van der Waals surface area contributed by atoms with Gasteiger partial charge in [0.05, 0.1) is 0 Å². The molecule has 0 saturated heterocycles. The Morgan fingerprint density at radius 1 is 0.634 bits per heavy atom. The van der Waals surface area contributed by atoms with Crippen molar-refractivity contribution >= 4 is 45.2 Å². The maximum atomic E-state index is 6.26. The van der Waals surface area contributed by atoms with Crippen molar-refractivity contribution in [1.82, 2.24) is 0 Å². The fraction of sp³-hybridized carbons (Fsp3) is 0.0526. The Balaban J connectivity index is 0.00000189. The molecule has 5 aromatic rings. The first-order chi connectivity index (χ1) is 20.1.